The van der Waals surface area contributed by atoms with E-state index in [1.54, 1.807) is 0 Å². The lowest BCUT2D eigenvalue weighted by Crippen LogP contribution is -2.24. The van der Waals surface area contributed by atoms with Gasteiger partial charge < -0.3 is 5.11 Å². The topological polar surface area (TPSA) is 20.2 Å². The van der Waals surface area contributed by atoms with Gasteiger partial charge in [-0.2, -0.15) is 0 Å². The van der Waals surface area contributed by atoms with Crippen molar-refractivity contribution in [3.8, 4) is 0 Å². The first-order chi connectivity index (χ1) is 9.29. The molecule has 1 N–H and O–H groups in total. The lowest BCUT2D eigenvalue weighted by Gasteiger charge is -2.25. The SMILES string of the molecule is CC(C)(C)c1ccc(CC(C)(O)c2ccccc2)cc1. The average molecular weight is 268 g/mol. The van der Waals surface area contributed by atoms with Gasteiger partial charge in [0.15, 0.2) is 0 Å². The van der Waals surface area contributed by atoms with Gasteiger partial charge in [0.25, 0.3) is 0 Å². The van der Waals surface area contributed by atoms with Gasteiger partial charge in [0.2, 0.25) is 0 Å². The summed E-state index contributed by atoms with van der Waals surface area (Å²) in [5, 5.41) is 10.7. The Hall–Kier alpha value is -1.60. The van der Waals surface area contributed by atoms with Gasteiger partial charge in [0, 0.05) is 6.42 Å². The maximum Gasteiger partial charge on any atom is 0.0908 e. The van der Waals surface area contributed by atoms with Crippen molar-refractivity contribution in [1.82, 2.24) is 0 Å². The Morgan fingerprint density at radius 3 is 1.80 bits per heavy atom. The molecule has 0 saturated carbocycles. The fraction of sp³-hybridized carbons (Fsp3) is 0.368. The summed E-state index contributed by atoms with van der Waals surface area (Å²) in [4.78, 5) is 0. The minimum Gasteiger partial charge on any atom is -0.385 e. The smallest absolute Gasteiger partial charge is 0.0908 e. The zero-order valence-corrected chi connectivity index (χ0v) is 12.9. The van der Waals surface area contributed by atoms with Gasteiger partial charge in [0.05, 0.1) is 5.60 Å². The van der Waals surface area contributed by atoms with Crippen LogP contribution in [0.15, 0.2) is 54.6 Å². The highest BCUT2D eigenvalue weighted by atomic mass is 16.3. The molecule has 0 spiro atoms. The molecule has 2 aromatic carbocycles. The fourth-order valence-corrected chi connectivity index (χ4v) is 2.42. The summed E-state index contributed by atoms with van der Waals surface area (Å²) >= 11 is 0. The maximum atomic E-state index is 10.7. The number of aliphatic hydroxyl groups is 1. The first-order valence-corrected chi connectivity index (χ1v) is 7.16. The Kier molecular flexibility index (Phi) is 4.01. The van der Waals surface area contributed by atoms with Crippen LogP contribution in [0.1, 0.15) is 44.4 Å². The average Bonchev–Trinajstić information content (AvgIpc) is 2.39. The fourth-order valence-electron chi connectivity index (χ4n) is 2.42. The molecule has 2 rings (SSSR count). The molecular weight excluding hydrogens is 244 g/mol. The van der Waals surface area contributed by atoms with Crippen LogP contribution in [0, 0.1) is 0 Å². The number of rotatable bonds is 3. The van der Waals surface area contributed by atoms with Crippen molar-refractivity contribution in [3.05, 3.63) is 71.3 Å². The van der Waals surface area contributed by atoms with E-state index in [2.05, 4.69) is 45.0 Å². The van der Waals surface area contributed by atoms with Crippen molar-refractivity contribution in [2.24, 2.45) is 0 Å². The van der Waals surface area contributed by atoms with Crippen LogP contribution in [-0.2, 0) is 17.4 Å². The number of hydrogen-bond acceptors (Lipinski definition) is 1. The second-order valence-corrected chi connectivity index (χ2v) is 6.76. The highest BCUT2D eigenvalue weighted by Gasteiger charge is 2.23. The van der Waals surface area contributed by atoms with Crippen LogP contribution in [0.2, 0.25) is 0 Å². The highest BCUT2D eigenvalue weighted by molar-refractivity contribution is 5.30. The third-order valence-electron chi connectivity index (χ3n) is 3.76. The van der Waals surface area contributed by atoms with E-state index in [1.807, 2.05) is 37.3 Å². The molecule has 1 nitrogen and oxygen atoms in total. The lowest BCUT2D eigenvalue weighted by molar-refractivity contribution is 0.0576. The Labute approximate surface area is 122 Å². The molecule has 2 aromatic rings. The van der Waals surface area contributed by atoms with Gasteiger partial charge >= 0.3 is 0 Å². The van der Waals surface area contributed by atoms with Crippen LogP contribution in [-0.4, -0.2) is 5.11 Å². The Bertz CT molecular complexity index is 545. The zero-order valence-electron chi connectivity index (χ0n) is 12.9. The van der Waals surface area contributed by atoms with Gasteiger partial charge in [-0.15, -0.1) is 0 Å². The quantitative estimate of drug-likeness (QED) is 0.873. The van der Waals surface area contributed by atoms with Gasteiger partial charge in [-0.3, -0.25) is 0 Å². The normalized spacial score (nSPS) is 14.8. The van der Waals surface area contributed by atoms with Crippen molar-refractivity contribution in [2.45, 2.75) is 45.1 Å². The minimum atomic E-state index is -0.829. The van der Waals surface area contributed by atoms with Crippen molar-refractivity contribution in [1.29, 1.82) is 0 Å². The third-order valence-corrected chi connectivity index (χ3v) is 3.76. The lowest BCUT2D eigenvalue weighted by atomic mass is 9.84. The summed E-state index contributed by atoms with van der Waals surface area (Å²) in [6, 6.07) is 18.4. The van der Waals surface area contributed by atoms with Crippen molar-refractivity contribution in [2.75, 3.05) is 0 Å². The molecule has 0 aromatic heterocycles. The number of benzene rings is 2. The molecule has 0 aliphatic rings. The molecule has 0 amide bonds. The van der Waals surface area contributed by atoms with E-state index in [0.717, 1.165) is 11.1 Å². The predicted octanol–water partition coefficient (Wildman–Crippen LogP) is 4.43. The summed E-state index contributed by atoms with van der Waals surface area (Å²) in [6.07, 6.45) is 0.626. The van der Waals surface area contributed by atoms with Crippen LogP contribution in [0.4, 0.5) is 0 Å². The second kappa shape index (κ2) is 5.41. The van der Waals surface area contributed by atoms with E-state index in [9.17, 15) is 5.11 Å². The van der Waals surface area contributed by atoms with Crippen LogP contribution < -0.4 is 0 Å². The van der Waals surface area contributed by atoms with E-state index in [1.165, 1.54) is 5.56 Å². The first-order valence-electron chi connectivity index (χ1n) is 7.16. The Morgan fingerprint density at radius 1 is 0.750 bits per heavy atom. The molecule has 106 valence electrons. The molecule has 0 radical (unpaired) electrons. The highest BCUT2D eigenvalue weighted by Crippen LogP contribution is 2.27. The summed E-state index contributed by atoms with van der Waals surface area (Å²) < 4.78 is 0. The molecule has 1 unspecified atom stereocenters. The molecule has 1 atom stereocenters. The van der Waals surface area contributed by atoms with Gasteiger partial charge in [0.1, 0.15) is 0 Å². The van der Waals surface area contributed by atoms with E-state index in [-0.39, 0.29) is 5.41 Å². The van der Waals surface area contributed by atoms with Crippen molar-refractivity contribution < 1.29 is 5.11 Å². The largest absolute Gasteiger partial charge is 0.385 e. The van der Waals surface area contributed by atoms with E-state index in [4.69, 9.17) is 0 Å². The summed E-state index contributed by atoms with van der Waals surface area (Å²) in [6.45, 7) is 8.51. The van der Waals surface area contributed by atoms with E-state index in [0.29, 0.717) is 6.42 Å². The molecule has 1 heteroatoms. The second-order valence-electron chi connectivity index (χ2n) is 6.76. The molecule has 0 aliphatic heterocycles. The summed E-state index contributed by atoms with van der Waals surface area (Å²) in [5.74, 6) is 0. The number of hydrogen-bond donors (Lipinski definition) is 1. The minimum absolute atomic E-state index is 0.167. The van der Waals surface area contributed by atoms with Crippen LogP contribution >= 0.6 is 0 Å². The monoisotopic (exact) mass is 268 g/mol. The first kappa shape index (κ1) is 14.8. The predicted molar refractivity (Wildman–Crippen MR) is 84.9 cm³/mol. The third kappa shape index (κ3) is 3.49. The van der Waals surface area contributed by atoms with E-state index < -0.39 is 5.60 Å². The van der Waals surface area contributed by atoms with Gasteiger partial charge in [-0.25, -0.2) is 0 Å². The maximum absolute atomic E-state index is 10.7. The van der Waals surface area contributed by atoms with Gasteiger partial charge in [-0.05, 0) is 29.0 Å². The summed E-state index contributed by atoms with van der Waals surface area (Å²) in [7, 11) is 0. The Morgan fingerprint density at radius 2 is 1.30 bits per heavy atom. The molecule has 0 heterocycles. The molecule has 0 bridgehead atoms. The molecular formula is C19H24O. The Balaban J connectivity index is 2.18. The van der Waals surface area contributed by atoms with Crippen molar-refractivity contribution >= 4 is 0 Å². The van der Waals surface area contributed by atoms with Crippen LogP contribution in [0.5, 0.6) is 0 Å². The molecule has 0 aliphatic carbocycles. The molecule has 0 saturated heterocycles. The van der Waals surface area contributed by atoms with Crippen LogP contribution in [0.3, 0.4) is 0 Å². The molecule has 0 fully saturated rings. The standard InChI is InChI=1S/C19H24O/c1-18(2,3)16-12-10-15(11-13-16)14-19(4,20)17-8-6-5-7-9-17/h5-13,20H,14H2,1-4H3. The zero-order chi connectivity index (χ0) is 14.8. The molecule has 20 heavy (non-hydrogen) atoms. The summed E-state index contributed by atoms with van der Waals surface area (Å²) in [5.41, 5.74) is 2.78. The van der Waals surface area contributed by atoms with Crippen LogP contribution in [0.25, 0.3) is 0 Å². The van der Waals surface area contributed by atoms with Crippen molar-refractivity contribution in [3.63, 3.8) is 0 Å². The van der Waals surface area contributed by atoms with Gasteiger partial charge in [-0.1, -0.05) is 75.4 Å². The van der Waals surface area contributed by atoms with E-state index >= 15 is 0 Å².